The first-order chi connectivity index (χ1) is 15.5. The largest absolute Gasteiger partial charge is 0.466 e. The van der Waals surface area contributed by atoms with Crippen LogP contribution in [0.4, 0.5) is 5.69 Å². The van der Waals surface area contributed by atoms with E-state index in [0.29, 0.717) is 5.76 Å². The molecule has 1 fully saturated rings. The van der Waals surface area contributed by atoms with Crippen molar-refractivity contribution in [2.24, 2.45) is 4.99 Å². The molecule has 2 heterocycles. The van der Waals surface area contributed by atoms with Crippen molar-refractivity contribution in [1.82, 2.24) is 15.5 Å². The number of hydrogen-bond acceptors (Lipinski definition) is 5. The average Bonchev–Trinajstić information content (AvgIpc) is 3.34. The molecule has 1 aromatic carbocycles. The maximum absolute atomic E-state index is 10.6. The van der Waals surface area contributed by atoms with E-state index in [9.17, 15) is 5.11 Å². The van der Waals surface area contributed by atoms with E-state index in [2.05, 4.69) is 56.6 Å². The second-order valence-electron chi connectivity index (χ2n) is 8.75. The van der Waals surface area contributed by atoms with Gasteiger partial charge in [0.2, 0.25) is 0 Å². The van der Waals surface area contributed by atoms with Gasteiger partial charge in [0.05, 0.1) is 12.8 Å². The summed E-state index contributed by atoms with van der Waals surface area (Å²) in [5.74, 6) is 1.26. The van der Waals surface area contributed by atoms with Crippen LogP contribution in [0, 0.1) is 6.92 Å². The van der Waals surface area contributed by atoms with Gasteiger partial charge in [-0.1, -0.05) is 12.1 Å². The van der Waals surface area contributed by atoms with E-state index in [4.69, 9.17) is 4.42 Å². The van der Waals surface area contributed by atoms with Crippen molar-refractivity contribution >= 4 is 35.6 Å². The van der Waals surface area contributed by atoms with Gasteiger partial charge in [-0.25, -0.2) is 4.99 Å². The van der Waals surface area contributed by atoms with Gasteiger partial charge in [0.25, 0.3) is 0 Å². The normalized spacial score (nSPS) is 16.7. The molecule has 3 rings (SSSR count). The van der Waals surface area contributed by atoms with Crippen molar-refractivity contribution in [2.45, 2.75) is 39.2 Å². The SMILES string of the molecule is CCNC(=NCC(C)(O)c1ccco1)NCCCCN1CCN(c2cccc(C)c2)CC1.I. The van der Waals surface area contributed by atoms with Gasteiger partial charge in [0.1, 0.15) is 11.4 Å². The smallest absolute Gasteiger partial charge is 0.191 e. The summed E-state index contributed by atoms with van der Waals surface area (Å²) in [5, 5.41) is 17.2. The van der Waals surface area contributed by atoms with Gasteiger partial charge in [-0.05, 0) is 70.0 Å². The number of aryl methyl sites for hydroxylation is 1. The van der Waals surface area contributed by atoms with Crippen molar-refractivity contribution in [3.05, 3.63) is 54.0 Å². The Kier molecular flexibility index (Phi) is 11.5. The van der Waals surface area contributed by atoms with Crippen molar-refractivity contribution in [3.63, 3.8) is 0 Å². The van der Waals surface area contributed by atoms with E-state index in [-0.39, 0.29) is 30.5 Å². The Labute approximate surface area is 215 Å². The maximum Gasteiger partial charge on any atom is 0.191 e. The summed E-state index contributed by atoms with van der Waals surface area (Å²) in [5.41, 5.74) is 1.55. The minimum absolute atomic E-state index is 0. The number of rotatable bonds is 10. The second-order valence-corrected chi connectivity index (χ2v) is 8.75. The van der Waals surface area contributed by atoms with Crippen LogP contribution in [0.15, 0.2) is 52.1 Å². The third-order valence-corrected chi connectivity index (χ3v) is 5.87. The molecule has 0 saturated carbocycles. The van der Waals surface area contributed by atoms with Crippen molar-refractivity contribution in [2.75, 3.05) is 57.3 Å². The molecular weight excluding hydrogens is 529 g/mol. The summed E-state index contributed by atoms with van der Waals surface area (Å²) >= 11 is 0. The fourth-order valence-corrected chi connectivity index (χ4v) is 3.96. The molecule has 0 spiro atoms. The number of anilines is 1. The van der Waals surface area contributed by atoms with Crippen LogP contribution < -0.4 is 15.5 Å². The summed E-state index contributed by atoms with van der Waals surface area (Å²) in [4.78, 5) is 9.59. The zero-order valence-electron chi connectivity index (χ0n) is 20.2. The van der Waals surface area contributed by atoms with Crippen LogP contribution in [-0.4, -0.2) is 68.3 Å². The van der Waals surface area contributed by atoms with Gasteiger partial charge in [0.15, 0.2) is 5.96 Å². The highest BCUT2D eigenvalue weighted by atomic mass is 127. The van der Waals surface area contributed by atoms with E-state index in [1.54, 1.807) is 25.3 Å². The van der Waals surface area contributed by atoms with Crippen molar-refractivity contribution in [3.8, 4) is 0 Å². The van der Waals surface area contributed by atoms with E-state index in [0.717, 1.165) is 64.6 Å². The first-order valence-electron chi connectivity index (χ1n) is 11.8. The zero-order valence-corrected chi connectivity index (χ0v) is 22.5. The number of piperazine rings is 1. The molecule has 1 aliphatic heterocycles. The van der Waals surface area contributed by atoms with Crippen LogP contribution >= 0.6 is 24.0 Å². The van der Waals surface area contributed by atoms with Crippen molar-refractivity contribution < 1.29 is 9.52 Å². The van der Waals surface area contributed by atoms with Gasteiger partial charge in [-0.3, -0.25) is 4.90 Å². The predicted molar refractivity (Wildman–Crippen MR) is 147 cm³/mol. The van der Waals surface area contributed by atoms with Crippen LogP contribution in [-0.2, 0) is 5.60 Å². The molecule has 8 heteroatoms. The minimum Gasteiger partial charge on any atom is -0.466 e. The molecule has 0 bridgehead atoms. The summed E-state index contributed by atoms with van der Waals surface area (Å²) in [6.45, 7) is 13.3. The molecule has 1 unspecified atom stereocenters. The number of aliphatic imine (C=N–C) groups is 1. The number of unbranched alkanes of at least 4 members (excludes halogenated alkanes) is 1. The van der Waals surface area contributed by atoms with Gasteiger partial charge in [-0.2, -0.15) is 0 Å². The topological polar surface area (TPSA) is 76.3 Å². The molecule has 0 aliphatic carbocycles. The lowest BCUT2D eigenvalue weighted by Gasteiger charge is -2.36. The highest BCUT2D eigenvalue weighted by Gasteiger charge is 2.26. The third-order valence-electron chi connectivity index (χ3n) is 5.87. The summed E-state index contributed by atoms with van der Waals surface area (Å²) in [6, 6.07) is 12.3. The summed E-state index contributed by atoms with van der Waals surface area (Å²) in [6.07, 6.45) is 3.80. The molecule has 1 saturated heterocycles. The third kappa shape index (κ3) is 8.83. The van der Waals surface area contributed by atoms with E-state index in [1.165, 1.54) is 11.3 Å². The zero-order chi connectivity index (χ0) is 22.8. The maximum atomic E-state index is 10.6. The number of furan rings is 1. The van der Waals surface area contributed by atoms with Crippen LogP contribution in [0.3, 0.4) is 0 Å². The van der Waals surface area contributed by atoms with Gasteiger partial charge in [0, 0.05) is 45.0 Å². The fourth-order valence-electron chi connectivity index (χ4n) is 3.96. The monoisotopic (exact) mass is 569 g/mol. The predicted octanol–water partition coefficient (Wildman–Crippen LogP) is 3.57. The molecule has 184 valence electrons. The van der Waals surface area contributed by atoms with E-state index >= 15 is 0 Å². The Hall–Kier alpha value is -1.78. The van der Waals surface area contributed by atoms with Gasteiger partial charge in [-0.15, -0.1) is 24.0 Å². The van der Waals surface area contributed by atoms with Gasteiger partial charge >= 0.3 is 0 Å². The fraction of sp³-hybridized carbons (Fsp3) is 0.560. The lowest BCUT2D eigenvalue weighted by Crippen LogP contribution is -2.46. The van der Waals surface area contributed by atoms with Crippen LogP contribution in [0.1, 0.15) is 38.0 Å². The van der Waals surface area contributed by atoms with E-state index in [1.807, 2.05) is 6.92 Å². The number of hydrogen-bond donors (Lipinski definition) is 3. The molecule has 3 N–H and O–H groups in total. The number of nitrogens with one attached hydrogen (secondary N) is 2. The number of benzene rings is 1. The van der Waals surface area contributed by atoms with Crippen LogP contribution in [0.25, 0.3) is 0 Å². The van der Waals surface area contributed by atoms with Crippen LogP contribution in [0.2, 0.25) is 0 Å². The number of halogens is 1. The Morgan fingerprint density at radius 3 is 2.58 bits per heavy atom. The molecule has 1 aromatic heterocycles. The number of nitrogens with zero attached hydrogens (tertiary/aromatic N) is 3. The first-order valence-corrected chi connectivity index (χ1v) is 11.8. The highest BCUT2D eigenvalue weighted by Crippen LogP contribution is 2.21. The van der Waals surface area contributed by atoms with E-state index < -0.39 is 5.60 Å². The number of aliphatic hydroxyl groups is 1. The molecule has 1 atom stereocenters. The Morgan fingerprint density at radius 2 is 1.91 bits per heavy atom. The summed E-state index contributed by atoms with van der Waals surface area (Å²) < 4.78 is 5.33. The Bertz CT molecular complexity index is 833. The minimum atomic E-state index is -1.12. The number of guanidine groups is 1. The molecular formula is C25H40IN5O2. The molecule has 7 nitrogen and oxygen atoms in total. The lowest BCUT2D eigenvalue weighted by atomic mass is 10.0. The molecule has 2 aromatic rings. The second kappa shape index (κ2) is 13.8. The lowest BCUT2D eigenvalue weighted by molar-refractivity contribution is 0.0437. The average molecular weight is 570 g/mol. The van der Waals surface area contributed by atoms with Crippen molar-refractivity contribution in [1.29, 1.82) is 0 Å². The molecule has 0 amide bonds. The summed E-state index contributed by atoms with van der Waals surface area (Å²) in [7, 11) is 0. The van der Waals surface area contributed by atoms with Crippen LogP contribution in [0.5, 0.6) is 0 Å². The quantitative estimate of drug-likeness (QED) is 0.176. The van der Waals surface area contributed by atoms with Gasteiger partial charge < -0.3 is 25.1 Å². The Balaban J connectivity index is 0.00000385. The highest BCUT2D eigenvalue weighted by molar-refractivity contribution is 14.0. The Morgan fingerprint density at radius 1 is 1.12 bits per heavy atom. The molecule has 1 aliphatic rings. The first kappa shape index (κ1) is 27.5. The molecule has 33 heavy (non-hydrogen) atoms. The standard InChI is InChI=1S/C25H39N5O2.HI/c1-4-26-24(28-20-25(3,31)23-11-8-18-32-23)27-12-5-6-13-29-14-16-30(17-15-29)22-10-7-9-21(2)19-22;/h7-11,18-19,31H,4-6,12-17,20H2,1-3H3,(H2,26,27,28);1H. The molecule has 0 radical (unpaired) electrons.